The Bertz CT molecular complexity index is 813. The van der Waals surface area contributed by atoms with Crippen LogP contribution in [0.1, 0.15) is 69.0 Å². The summed E-state index contributed by atoms with van der Waals surface area (Å²) < 4.78 is 41.3. The molecule has 1 unspecified atom stereocenters. The number of fused-ring (bicyclic) bond motifs is 1. The molecule has 3 heterocycles. The summed E-state index contributed by atoms with van der Waals surface area (Å²) in [5.41, 5.74) is 0.351. The minimum atomic E-state index is -4.51. The number of nitrogens with zero attached hydrogens (tertiary/aromatic N) is 4. The van der Waals surface area contributed by atoms with E-state index in [-0.39, 0.29) is 23.4 Å². The summed E-state index contributed by atoms with van der Waals surface area (Å²) in [5, 5.41) is 4.20. The van der Waals surface area contributed by atoms with Gasteiger partial charge in [-0.15, -0.1) is 0 Å². The van der Waals surface area contributed by atoms with E-state index >= 15 is 0 Å². The van der Waals surface area contributed by atoms with E-state index in [2.05, 4.69) is 10.1 Å². The molecule has 0 spiro atoms. The van der Waals surface area contributed by atoms with Gasteiger partial charge in [0.05, 0.1) is 5.69 Å². The second-order valence-corrected chi connectivity index (χ2v) is 7.13. The highest BCUT2D eigenvalue weighted by molar-refractivity contribution is 5.76. The molecule has 2 aromatic rings. The fourth-order valence-electron chi connectivity index (χ4n) is 3.31. The first-order chi connectivity index (χ1) is 12.2. The van der Waals surface area contributed by atoms with Gasteiger partial charge in [-0.05, 0) is 24.8 Å². The van der Waals surface area contributed by atoms with Crippen molar-refractivity contribution in [3.63, 3.8) is 0 Å². The molecule has 5 nitrogen and oxygen atoms in total. The van der Waals surface area contributed by atoms with E-state index in [9.17, 15) is 18.0 Å². The van der Waals surface area contributed by atoms with Crippen molar-refractivity contribution < 1.29 is 18.0 Å². The van der Waals surface area contributed by atoms with Crippen LogP contribution in [0.15, 0.2) is 12.1 Å². The van der Waals surface area contributed by atoms with Crippen LogP contribution in [-0.4, -0.2) is 38.5 Å². The molecule has 1 amide bonds. The average Bonchev–Trinajstić information content (AvgIpc) is 3.19. The van der Waals surface area contributed by atoms with E-state index in [0.717, 1.165) is 17.0 Å². The summed E-state index contributed by atoms with van der Waals surface area (Å²) in [6, 6.07) is 2.69. The predicted octanol–water partition coefficient (Wildman–Crippen LogP) is 3.99. The lowest BCUT2D eigenvalue weighted by Crippen LogP contribution is -2.28. The van der Waals surface area contributed by atoms with Gasteiger partial charge in [-0.25, -0.2) is 9.50 Å². The van der Waals surface area contributed by atoms with Crippen LogP contribution in [0.3, 0.4) is 0 Å². The normalized spacial score (nSPS) is 18.3. The second-order valence-electron chi connectivity index (χ2n) is 7.13. The Hall–Kier alpha value is -2.12. The fraction of sp³-hybridized carbons (Fsp3) is 0.611. The van der Waals surface area contributed by atoms with Crippen molar-refractivity contribution in [3.8, 4) is 0 Å². The smallest absolute Gasteiger partial charge is 0.342 e. The van der Waals surface area contributed by atoms with Gasteiger partial charge in [0.2, 0.25) is 5.91 Å². The molecule has 1 aliphatic heterocycles. The Labute approximate surface area is 150 Å². The number of halogens is 3. The van der Waals surface area contributed by atoms with Crippen LogP contribution in [0.4, 0.5) is 13.2 Å². The number of carbonyl (C=O) groups excluding carboxylic acids is 1. The molecule has 8 heteroatoms. The number of hydrogen-bond acceptors (Lipinski definition) is 3. The molecule has 0 N–H and O–H groups in total. The summed E-state index contributed by atoms with van der Waals surface area (Å²) in [4.78, 5) is 18.2. The van der Waals surface area contributed by atoms with Crippen LogP contribution in [0.5, 0.6) is 0 Å². The number of hydrogen-bond donors (Lipinski definition) is 0. The highest BCUT2D eigenvalue weighted by Gasteiger charge is 2.36. The van der Waals surface area contributed by atoms with Gasteiger partial charge in [-0.2, -0.15) is 18.3 Å². The third-order valence-electron chi connectivity index (χ3n) is 4.77. The van der Waals surface area contributed by atoms with E-state index in [1.807, 2.05) is 20.8 Å². The van der Waals surface area contributed by atoms with Crippen LogP contribution in [0.2, 0.25) is 0 Å². The van der Waals surface area contributed by atoms with Crippen LogP contribution in [0.25, 0.3) is 5.65 Å². The second kappa shape index (κ2) is 6.89. The predicted molar refractivity (Wildman–Crippen MR) is 90.9 cm³/mol. The molecule has 0 aromatic carbocycles. The molecule has 1 atom stereocenters. The van der Waals surface area contributed by atoms with Crippen molar-refractivity contribution in [2.75, 3.05) is 13.1 Å². The third-order valence-corrected chi connectivity index (χ3v) is 4.77. The Balaban J connectivity index is 1.95. The quantitative estimate of drug-likeness (QED) is 0.820. The topological polar surface area (TPSA) is 50.5 Å². The summed E-state index contributed by atoms with van der Waals surface area (Å²) in [6.45, 7) is 6.69. The fourth-order valence-corrected chi connectivity index (χ4v) is 3.31. The maximum atomic E-state index is 13.5. The molecule has 0 bridgehead atoms. The van der Waals surface area contributed by atoms with Gasteiger partial charge in [0.25, 0.3) is 0 Å². The Morgan fingerprint density at radius 3 is 2.69 bits per heavy atom. The minimum Gasteiger partial charge on any atom is -0.342 e. The molecule has 0 saturated carbocycles. The lowest BCUT2D eigenvalue weighted by atomic mass is 10.1. The number of rotatable bonds is 4. The van der Waals surface area contributed by atoms with Gasteiger partial charge >= 0.3 is 6.18 Å². The van der Waals surface area contributed by atoms with Crippen molar-refractivity contribution in [3.05, 3.63) is 29.2 Å². The summed E-state index contributed by atoms with van der Waals surface area (Å²) in [5.74, 6) is -0.0795. The molecule has 1 saturated heterocycles. The number of amides is 1. The molecule has 3 rings (SSSR count). The van der Waals surface area contributed by atoms with Crippen molar-refractivity contribution in [2.45, 2.75) is 58.0 Å². The summed E-state index contributed by atoms with van der Waals surface area (Å²) in [7, 11) is 0. The Morgan fingerprint density at radius 1 is 1.35 bits per heavy atom. The molecule has 1 fully saturated rings. The Kier molecular flexibility index (Phi) is 4.94. The molecule has 0 aliphatic carbocycles. The molecule has 142 valence electrons. The lowest BCUT2D eigenvalue weighted by molar-refractivity contribution is -0.142. The van der Waals surface area contributed by atoms with Crippen molar-refractivity contribution >= 4 is 11.6 Å². The van der Waals surface area contributed by atoms with Gasteiger partial charge in [0, 0.05) is 37.2 Å². The zero-order valence-electron chi connectivity index (χ0n) is 15.2. The SMILES string of the molecule is CCCC(=O)N1CCC(c2cc3nc(C(C)C)cc(C(F)(F)F)n3n2)C1. The van der Waals surface area contributed by atoms with Crippen LogP contribution < -0.4 is 0 Å². The van der Waals surface area contributed by atoms with Gasteiger partial charge in [0.15, 0.2) is 5.65 Å². The summed E-state index contributed by atoms with van der Waals surface area (Å²) >= 11 is 0. The molecule has 26 heavy (non-hydrogen) atoms. The Morgan fingerprint density at radius 2 is 2.08 bits per heavy atom. The molecular weight excluding hydrogens is 345 g/mol. The van der Waals surface area contributed by atoms with Crippen molar-refractivity contribution in [1.29, 1.82) is 0 Å². The maximum Gasteiger partial charge on any atom is 0.433 e. The number of likely N-dealkylation sites (tertiary alicyclic amines) is 1. The number of carbonyl (C=O) groups is 1. The maximum absolute atomic E-state index is 13.5. The molecule has 0 radical (unpaired) electrons. The van der Waals surface area contributed by atoms with Crippen molar-refractivity contribution in [2.24, 2.45) is 0 Å². The van der Waals surface area contributed by atoms with E-state index in [1.54, 1.807) is 11.0 Å². The zero-order valence-corrected chi connectivity index (χ0v) is 15.2. The molecule has 1 aliphatic rings. The largest absolute Gasteiger partial charge is 0.433 e. The first-order valence-corrected chi connectivity index (χ1v) is 8.96. The number of alkyl halides is 3. The standard InChI is InChI=1S/C18H23F3N4O/c1-4-5-17(26)24-7-6-12(10-24)14-9-16-22-13(11(2)3)8-15(18(19,20)21)25(16)23-14/h8-9,11-12H,4-7,10H2,1-3H3. The first kappa shape index (κ1) is 18.7. The van der Waals surface area contributed by atoms with Gasteiger partial charge < -0.3 is 4.90 Å². The zero-order chi connectivity index (χ0) is 19.1. The lowest BCUT2D eigenvalue weighted by Gasteiger charge is -2.15. The van der Waals surface area contributed by atoms with Crippen LogP contribution >= 0.6 is 0 Å². The van der Waals surface area contributed by atoms with E-state index in [0.29, 0.717) is 37.3 Å². The van der Waals surface area contributed by atoms with Gasteiger partial charge in [-0.1, -0.05) is 20.8 Å². The van der Waals surface area contributed by atoms with Crippen LogP contribution in [-0.2, 0) is 11.0 Å². The number of aromatic nitrogens is 3. The molecular formula is C18H23F3N4O. The first-order valence-electron chi connectivity index (χ1n) is 8.96. The van der Waals surface area contributed by atoms with Crippen molar-refractivity contribution in [1.82, 2.24) is 19.5 Å². The van der Waals surface area contributed by atoms with E-state index < -0.39 is 11.9 Å². The van der Waals surface area contributed by atoms with E-state index in [4.69, 9.17) is 0 Å². The van der Waals surface area contributed by atoms with Gasteiger partial charge in [-0.3, -0.25) is 4.79 Å². The third kappa shape index (κ3) is 3.54. The highest BCUT2D eigenvalue weighted by Crippen LogP contribution is 2.33. The van der Waals surface area contributed by atoms with Gasteiger partial charge in [0.1, 0.15) is 5.69 Å². The molecule has 2 aromatic heterocycles. The monoisotopic (exact) mass is 368 g/mol. The average molecular weight is 368 g/mol. The van der Waals surface area contributed by atoms with E-state index in [1.165, 1.54) is 0 Å². The summed E-state index contributed by atoms with van der Waals surface area (Å²) in [6.07, 6.45) is -2.52. The van der Waals surface area contributed by atoms with Crippen LogP contribution in [0, 0.1) is 0 Å². The minimum absolute atomic E-state index is 0.0545. The highest BCUT2D eigenvalue weighted by atomic mass is 19.4.